The van der Waals surface area contributed by atoms with Gasteiger partial charge in [0, 0.05) is 0 Å². The number of ether oxygens (including phenoxy) is 5. The average molecular weight is 472 g/mol. The van der Waals surface area contributed by atoms with Gasteiger partial charge in [-0.25, -0.2) is 0 Å². The zero-order chi connectivity index (χ0) is 23.9. The van der Waals surface area contributed by atoms with E-state index in [0.717, 1.165) is 0 Å². The number of aliphatic hydroxyl groups excluding tert-OH is 9. The second kappa shape index (κ2) is 10.4. The van der Waals surface area contributed by atoms with Gasteiger partial charge in [0.15, 0.2) is 18.9 Å². The minimum atomic E-state index is -1.83. The van der Waals surface area contributed by atoms with Gasteiger partial charge in [-0.2, -0.15) is 0 Å². The van der Waals surface area contributed by atoms with Crippen molar-refractivity contribution in [1.29, 1.82) is 0 Å². The SMILES string of the molecule is C[C@@H]1O[C@@H](O[C@@H]2[C@@H](O[C@@H]3O[C@@H](C)[C@H](O)[C@@H](O)[C@H]3O)[C@H](O)[C@@H](CO)O[C@@H]2O)[C@H](O)[C@H](O)[C@H]1O. The van der Waals surface area contributed by atoms with Crippen molar-refractivity contribution in [3.63, 3.8) is 0 Å². The van der Waals surface area contributed by atoms with Gasteiger partial charge in [0.1, 0.15) is 61.0 Å². The van der Waals surface area contributed by atoms with Gasteiger partial charge >= 0.3 is 0 Å². The lowest BCUT2D eigenvalue weighted by molar-refractivity contribution is -0.385. The molecule has 32 heavy (non-hydrogen) atoms. The van der Waals surface area contributed by atoms with Gasteiger partial charge in [-0.05, 0) is 13.8 Å². The Balaban J connectivity index is 1.81. The molecule has 15 atom stereocenters. The van der Waals surface area contributed by atoms with Crippen LogP contribution < -0.4 is 0 Å². The highest BCUT2D eigenvalue weighted by molar-refractivity contribution is 4.95. The Morgan fingerprint density at radius 2 is 1.00 bits per heavy atom. The van der Waals surface area contributed by atoms with Crippen LogP contribution in [0.2, 0.25) is 0 Å². The van der Waals surface area contributed by atoms with E-state index in [1.807, 2.05) is 0 Å². The fourth-order valence-corrected chi connectivity index (χ4v) is 3.92. The van der Waals surface area contributed by atoms with Gasteiger partial charge in [0.05, 0.1) is 18.8 Å². The second-order valence-electron chi connectivity index (χ2n) is 8.30. The highest BCUT2D eigenvalue weighted by Crippen LogP contribution is 2.32. The Hall–Kier alpha value is -0.560. The average Bonchev–Trinajstić information content (AvgIpc) is 2.76. The summed E-state index contributed by atoms with van der Waals surface area (Å²) in [5.74, 6) is 0. The first kappa shape index (κ1) is 26.1. The monoisotopic (exact) mass is 472 g/mol. The fourth-order valence-electron chi connectivity index (χ4n) is 3.92. The molecule has 0 aromatic rings. The van der Waals surface area contributed by atoms with Gasteiger partial charge in [0.2, 0.25) is 0 Å². The first-order valence-corrected chi connectivity index (χ1v) is 10.3. The van der Waals surface area contributed by atoms with Crippen molar-refractivity contribution in [1.82, 2.24) is 0 Å². The van der Waals surface area contributed by atoms with E-state index in [1.54, 1.807) is 0 Å². The summed E-state index contributed by atoms with van der Waals surface area (Å²) in [6.45, 7) is 2.10. The van der Waals surface area contributed by atoms with Crippen molar-refractivity contribution >= 4 is 0 Å². The van der Waals surface area contributed by atoms with Crippen molar-refractivity contribution < 1.29 is 69.6 Å². The smallest absolute Gasteiger partial charge is 0.187 e. The van der Waals surface area contributed by atoms with Crippen molar-refractivity contribution in [3.8, 4) is 0 Å². The number of hydrogen-bond acceptors (Lipinski definition) is 14. The molecular weight excluding hydrogens is 440 g/mol. The number of hydrogen-bond donors (Lipinski definition) is 9. The maximum atomic E-state index is 10.6. The van der Waals surface area contributed by atoms with Crippen LogP contribution in [0.4, 0.5) is 0 Å². The van der Waals surface area contributed by atoms with Crippen LogP contribution in [0.15, 0.2) is 0 Å². The Morgan fingerprint density at radius 1 is 0.562 bits per heavy atom. The molecule has 188 valence electrons. The summed E-state index contributed by atoms with van der Waals surface area (Å²) >= 11 is 0. The molecule has 3 heterocycles. The summed E-state index contributed by atoms with van der Waals surface area (Å²) in [6.07, 6.45) is -22.6. The van der Waals surface area contributed by atoms with E-state index in [9.17, 15) is 46.0 Å². The fraction of sp³-hybridized carbons (Fsp3) is 1.00. The summed E-state index contributed by atoms with van der Waals surface area (Å²) < 4.78 is 27.0. The second-order valence-corrected chi connectivity index (χ2v) is 8.30. The number of aliphatic hydroxyl groups is 9. The summed E-state index contributed by atoms with van der Waals surface area (Å²) in [5.41, 5.74) is 0. The molecule has 3 aliphatic heterocycles. The van der Waals surface area contributed by atoms with Crippen molar-refractivity contribution in [3.05, 3.63) is 0 Å². The Labute approximate surface area is 183 Å². The molecule has 3 fully saturated rings. The molecule has 9 N–H and O–H groups in total. The molecule has 14 heteroatoms. The zero-order valence-electron chi connectivity index (χ0n) is 17.4. The molecular formula is C18H32O14. The molecule has 0 radical (unpaired) electrons. The molecule has 14 nitrogen and oxygen atoms in total. The molecule has 0 aliphatic carbocycles. The van der Waals surface area contributed by atoms with Crippen molar-refractivity contribution in [2.75, 3.05) is 6.61 Å². The molecule has 0 aromatic carbocycles. The highest BCUT2D eigenvalue weighted by atomic mass is 16.8. The molecule has 0 bridgehead atoms. The summed E-state index contributed by atoms with van der Waals surface area (Å²) in [6, 6.07) is 0. The van der Waals surface area contributed by atoms with Crippen LogP contribution in [-0.4, -0.2) is 145 Å². The summed E-state index contributed by atoms with van der Waals surface area (Å²) in [5, 5.41) is 90.6. The van der Waals surface area contributed by atoms with E-state index in [2.05, 4.69) is 0 Å². The normalized spacial score (nSPS) is 55.0. The Morgan fingerprint density at radius 3 is 1.44 bits per heavy atom. The van der Waals surface area contributed by atoms with Gasteiger partial charge in [0.25, 0.3) is 0 Å². The lowest BCUT2D eigenvalue weighted by atomic mass is 9.96. The largest absolute Gasteiger partial charge is 0.394 e. The molecule has 0 spiro atoms. The Kier molecular flexibility index (Phi) is 8.44. The summed E-state index contributed by atoms with van der Waals surface area (Å²) in [4.78, 5) is 0. The summed E-state index contributed by atoms with van der Waals surface area (Å²) in [7, 11) is 0. The third-order valence-corrected chi connectivity index (χ3v) is 6.02. The van der Waals surface area contributed by atoms with E-state index in [0.29, 0.717) is 0 Å². The number of rotatable bonds is 5. The minimum absolute atomic E-state index is 0.721. The molecule has 0 saturated carbocycles. The molecule has 0 aromatic heterocycles. The van der Waals surface area contributed by atoms with Gasteiger partial charge in [-0.15, -0.1) is 0 Å². The maximum absolute atomic E-state index is 10.6. The van der Waals surface area contributed by atoms with Crippen molar-refractivity contribution in [2.24, 2.45) is 0 Å². The molecule has 3 aliphatic rings. The molecule has 0 amide bonds. The zero-order valence-corrected chi connectivity index (χ0v) is 17.4. The van der Waals surface area contributed by atoms with Crippen LogP contribution >= 0.6 is 0 Å². The predicted octanol–water partition coefficient (Wildman–Crippen LogP) is -5.52. The molecule has 3 saturated heterocycles. The van der Waals surface area contributed by atoms with E-state index in [4.69, 9.17) is 23.7 Å². The van der Waals surface area contributed by atoms with Crippen LogP contribution in [0, 0.1) is 0 Å². The Bertz CT molecular complexity index is 610. The highest BCUT2D eigenvalue weighted by Gasteiger charge is 2.53. The minimum Gasteiger partial charge on any atom is -0.394 e. The van der Waals surface area contributed by atoms with Gasteiger partial charge in [-0.3, -0.25) is 0 Å². The van der Waals surface area contributed by atoms with Gasteiger partial charge < -0.3 is 69.6 Å². The third-order valence-electron chi connectivity index (χ3n) is 6.02. The molecule has 3 rings (SSSR count). The van der Waals surface area contributed by atoms with Crippen LogP contribution in [-0.2, 0) is 23.7 Å². The van der Waals surface area contributed by atoms with E-state index in [1.165, 1.54) is 13.8 Å². The van der Waals surface area contributed by atoms with Crippen LogP contribution in [0.1, 0.15) is 13.8 Å². The van der Waals surface area contributed by atoms with E-state index < -0.39 is 98.7 Å². The van der Waals surface area contributed by atoms with Crippen LogP contribution in [0.3, 0.4) is 0 Å². The quantitative estimate of drug-likeness (QED) is 0.182. The topological polar surface area (TPSA) is 228 Å². The third kappa shape index (κ3) is 4.94. The first-order chi connectivity index (χ1) is 15.0. The van der Waals surface area contributed by atoms with Crippen LogP contribution in [0.5, 0.6) is 0 Å². The first-order valence-electron chi connectivity index (χ1n) is 10.3. The van der Waals surface area contributed by atoms with E-state index >= 15 is 0 Å². The van der Waals surface area contributed by atoms with E-state index in [-0.39, 0.29) is 0 Å². The lowest BCUT2D eigenvalue weighted by Crippen LogP contribution is -2.66. The lowest BCUT2D eigenvalue weighted by Gasteiger charge is -2.48. The maximum Gasteiger partial charge on any atom is 0.187 e. The van der Waals surface area contributed by atoms with Gasteiger partial charge in [-0.1, -0.05) is 0 Å². The standard InChI is InChI=1S/C18H32O14/c1-4-7(20)10(23)12(25)17(28-4)31-14-9(22)6(3-19)30-16(27)15(14)32-18-13(26)11(24)8(21)5(2)29-18/h4-27H,3H2,1-2H3/t4-,5-,6+,7-,8-,9+,10+,11+,12+,13+,14-,15+,16-,17-,18-/m0/s1. The van der Waals surface area contributed by atoms with Crippen molar-refractivity contribution in [2.45, 2.75) is 106 Å². The predicted molar refractivity (Wildman–Crippen MR) is 98.4 cm³/mol. The molecule has 0 unspecified atom stereocenters. The van der Waals surface area contributed by atoms with Crippen LogP contribution in [0.25, 0.3) is 0 Å².